The summed E-state index contributed by atoms with van der Waals surface area (Å²) in [6, 6.07) is 10.3. The van der Waals surface area contributed by atoms with Crippen molar-refractivity contribution in [3.05, 3.63) is 42.0 Å². The highest BCUT2D eigenvalue weighted by molar-refractivity contribution is 7.98. The Morgan fingerprint density at radius 2 is 2.13 bits per heavy atom. The van der Waals surface area contributed by atoms with Crippen LogP contribution in [0.5, 0.6) is 0 Å². The summed E-state index contributed by atoms with van der Waals surface area (Å²) < 4.78 is 7.33. The first-order valence-electron chi connectivity index (χ1n) is 7.58. The lowest BCUT2D eigenvalue weighted by Crippen LogP contribution is -2.03. The fourth-order valence-electron chi connectivity index (χ4n) is 2.29. The number of hydrogen-bond acceptors (Lipinski definition) is 7. The first-order chi connectivity index (χ1) is 11.3. The average molecular weight is 328 g/mol. The molecule has 0 radical (unpaired) electrons. The highest BCUT2D eigenvalue weighted by atomic mass is 32.2. The molecular weight excluding hydrogens is 312 g/mol. The van der Waals surface area contributed by atoms with Crippen molar-refractivity contribution < 1.29 is 4.52 Å². The van der Waals surface area contributed by atoms with E-state index in [1.807, 2.05) is 35.0 Å². The number of benzene rings is 1. The van der Waals surface area contributed by atoms with Crippen LogP contribution in [-0.2, 0) is 5.75 Å². The second-order valence-corrected chi connectivity index (χ2v) is 6.88. The van der Waals surface area contributed by atoms with Gasteiger partial charge in [0, 0.05) is 5.56 Å². The van der Waals surface area contributed by atoms with Crippen LogP contribution in [0.15, 0.2) is 34.9 Å². The van der Waals surface area contributed by atoms with E-state index >= 15 is 0 Å². The molecule has 7 nitrogen and oxygen atoms in total. The minimum Gasteiger partial charge on any atom is -0.338 e. The maximum Gasteiger partial charge on any atom is 0.239 e. The molecule has 0 unspecified atom stereocenters. The molecule has 1 aliphatic carbocycles. The summed E-state index contributed by atoms with van der Waals surface area (Å²) in [5.74, 6) is 2.88. The molecule has 1 atom stereocenters. The number of hydrogen-bond donors (Lipinski definition) is 0. The molecule has 8 heteroatoms. The second-order valence-electron chi connectivity index (χ2n) is 5.55. The Hall–Kier alpha value is -2.22. The third-order valence-electron chi connectivity index (χ3n) is 3.74. The van der Waals surface area contributed by atoms with Crippen LogP contribution in [0.1, 0.15) is 42.8 Å². The standard InChI is InChI=1S/C15H16N6OS/c1-10(23-9-13-17-19-20-21(13)12-7-8-12)15-16-14(18-22-15)11-5-3-2-4-6-11/h2-6,10,12H,7-9H2,1H3/t10-/m0/s1. The van der Waals surface area contributed by atoms with E-state index in [0.29, 0.717) is 17.8 Å². The molecule has 1 saturated carbocycles. The normalized spacial score (nSPS) is 15.7. The summed E-state index contributed by atoms with van der Waals surface area (Å²) in [4.78, 5) is 4.49. The molecule has 0 bridgehead atoms. The lowest BCUT2D eigenvalue weighted by Gasteiger charge is -2.06. The summed E-state index contributed by atoms with van der Waals surface area (Å²) in [5.41, 5.74) is 0.956. The van der Waals surface area contributed by atoms with Gasteiger partial charge in [0.25, 0.3) is 0 Å². The van der Waals surface area contributed by atoms with Crippen LogP contribution >= 0.6 is 11.8 Å². The Morgan fingerprint density at radius 3 is 2.91 bits per heavy atom. The van der Waals surface area contributed by atoms with E-state index < -0.39 is 0 Å². The summed E-state index contributed by atoms with van der Waals surface area (Å²) >= 11 is 1.70. The highest BCUT2D eigenvalue weighted by Crippen LogP contribution is 2.36. The molecule has 1 aliphatic rings. The van der Waals surface area contributed by atoms with Crippen LogP contribution in [0.25, 0.3) is 11.4 Å². The smallest absolute Gasteiger partial charge is 0.239 e. The zero-order valence-electron chi connectivity index (χ0n) is 12.7. The zero-order chi connectivity index (χ0) is 15.6. The van der Waals surface area contributed by atoms with Crippen molar-refractivity contribution in [2.75, 3.05) is 0 Å². The maximum absolute atomic E-state index is 5.40. The fraction of sp³-hybridized carbons (Fsp3) is 0.400. The van der Waals surface area contributed by atoms with Gasteiger partial charge in [-0.2, -0.15) is 4.98 Å². The summed E-state index contributed by atoms with van der Waals surface area (Å²) in [6.45, 7) is 2.05. The summed E-state index contributed by atoms with van der Waals surface area (Å²) in [6.07, 6.45) is 2.34. The zero-order valence-corrected chi connectivity index (χ0v) is 13.5. The molecular formula is C15H16N6OS. The van der Waals surface area contributed by atoms with Crippen LogP contribution < -0.4 is 0 Å². The number of rotatable bonds is 6. The molecule has 3 aromatic rings. The quantitative estimate of drug-likeness (QED) is 0.687. The van der Waals surface area contributed by atoms with Crippen molar-refractivity contribution in [2.45, 2.75) is 36.8 Å². The molecule has 1 fully saturated rings. The number of tetrazole rings is 1. The molecule has 0 spiro atoms. The van der Waals surface area contributed by atoms with E-state index in [-0.39, 0.29) is 5.25 Å². The van der Waals surface area contributed by atoms with Crippen molar-refractivity contribution in [1.29, 1.82) is 0 Å². The molecule has 2 aromatic heterocycles. The largest absolute Gasteiger partial charge is 0.338 e. The number of nitrogens with zero attached hydrogens (tertiary/aromatic N) is 6. The number of thioether (sulfide) groups is 1. The van der Waals surface area contributed by atoms with E-state index in [1.54, 1.807) is 11.8 Å². The van der Waals surface area contributed by atoms with Gasteiger partial charge in [-0.05, 0) is 30.2 Å². The van der Waals surface area contributed by atoms with E-state index in [0.717, 1.165) is 17.1 Å². The van der Waals surface area contributed by atoms with Gasteiger partial charge in [-0.1, -0.05) is 35.5 Å². The van der Waals surface area contributed by atoms with E-state index in [9.17, 15) is 0 Å². The van der Waals surface area contributed by atoms with E-state index in [1.165, 1.54) is 12.8 Å². The van der Waals surface area contributed by atoms with Gasteiger partial charge in [0.15, 0.2) is 5.82 Å². The highest BCUT2D eigenvalue weighted by Gasteiger charge is 2.28. The van der Waals surface area contributed by atoms with Crippen molar-refractivity contribution in [3.8, 4) is 11.4 Å². The Morgan fingerprint density at radius 1 is 1.30 bits per heavy atom. The van der Waals surface area contributed by atoms with Gasteiger partial charge in [0.2, 0.25) is 11.7 Å². The van der Waals surface area contributed by atoms with Gasteiger partial charge in [-0.15, -0.1) is 16.9 Å². The van der Waals surface area contributed by atoms with Gasteiger partial charge in [-0.25, -0.2) is 4.68 Å². The van der Waals surface area contributed by atoms with Crippen molar-refractivity contribution in [1.82, 2.24) is 30.3 Å². The van der Waals surface area contributed by atoms with Crippen LogP contribution in [0.3, 0.4) is 0 Å². The van der Waals surface area contributed by atoms with Crippen molar-refractivity contribution in [2.24, 2.45) is 0 Å². The molecule has 0 N–H and O–H groups in total. The Labute approximate surface area is 137 Å². The lowest BCUT2D eigenvalue weighted by molar-refractivity contribution is 0.380. The van der Waals surface area contributed by atoms with Gasteiger partial charge in [-0.3, -0.25) is 0 Å². The SMILES string of the molecule is C[C@H](SCc1nnnn1C1CC1)c1nc(-c2ccccc2)no1. The predicted octanol–water partition coefficient (Wildman–Crippen LogP) is 3.05. The third kappa shape index (κ3) is 3.12. The van der Waals surface area contributed by atoms with Crippen LogP contribution in [0.4, 0.5) is 0 Å². The van der Waals surface area contributed by atoms with Crippen molar-refractivity contribution >= 4 is 11.8 Å². The molecule has 0 aliphatic heterocycles. The Kier molecular flexibility index (Phi) is 3.82. The first-order valence-corrected chi connectivity index (χ1v) is 8.63. The van der Waals surface area contributed by atoms with Crippen LogP contribution in [-0.4, -0.2) is 30.3 Å². The third-order valence-corrected chi connectivity index (χ3v) is 4.86. The van der Waals surface area contributed by atoms with Gasteiger partial charge in [0.05, 0.1) is 17.0 Å². The molecule has 1 aromatic carbocycles. The van der Waals surface area contributed by atoms with Gasteiger partial charge < -0.3 is 4.52 Å². The Balaban J connectivity index is 1.42. The average Bonchev–Trinajstić information content (AvgIpc) is 3.13. The molecule has 0 amide bonds. The molecule has 118 valence electrons. The van der Waals surface area contributed by atoms with E-state index in [4.69, 9.17) is 4.52 Å². The molecule has 4 rings (SSSR count). The second kappa shape index (κ2) is 6.11. The first kappa shape index (κ1) is 14.4. The molecule has 0 saturated heterocycles. The minimum absolute atomic E-state index is 0.0873. The molecule has 23 heavy (non-hydrogen) atoms. The fourth-order valence-corrected chi connectivity index (χ4v) is 3.11. The predicted molar refractivity (Wildman–Crippen MR) is 85.5 cm³/mol. The summed E-state index contributed by atoms with van der Waals surface area (Å²) in [7, 11) is 0. The monoisotopic (exact) mass is 328 g/mol. The van der Waals surface area contributed by atoms with Crippen molar-refractivity contribution in [3.63, 3.8) is 0 Å². The van der Waals surface area contributed by atoms with Crippen LogP contribution in [0.2, 0.25) is 0 Å². The minimum atomic E-state index is 0.0873. The topological polar surface area (TPSA) is 82.5 Å². The Bertz CT molecular complexity index is 782. The van der Waals surface area contributed by atoms with Gasteiger partial charge >= 0.3 is 0 Å². The van der Waals surface area contributed by atoms with Crippen LogP contribution in [0, 0.1) is 0 Å². The summed E-state index contributed by atoms with van der Waals surface area (Å²) in [5, 5.41) is 16.1. The number of aromatic nitrogens is 6. The molecule has 2 heterocycles. The lowest BCUT2D eigenvalue weighted by atomic mass is 10.2. The maximum atomic E-state index is 5.40. The van der Waals surface area contributed by atoms with Gasteiger partial charge in [0.1, 0.15) is 0 Å². The van der Waals surface area contributed by atoms with E-state index in [2.05, 4.69) is 32.6 Å².